The molecule has 0 spiro atoms. The average molecular weight is 211 g/mol. The second-order valence-corrected chi connectivity index (χ2v) is 4.41. The van der Waals surface area contributed by atoms with E-state index in [0.29, 0.717) is 4.90 Å². The molecule has 0 bridgehead atoms. The van der Waals surface area contributed by atoms with E-state index in [1.54, 1.807) is 12.1 Å². The Morgan fingerprint density at radius 1 is 1.14 bits per heavy atom. The van der Waals surface area contributed by atoms with Crippen LogP contribution in [0.25, 0.3) is 0 Å². The third-order valence-corrected chi connectivity index (χ3v) is 3.18. The van der Waals surface area contributed by atoms with Gasteiger partial charge in [0.2, 0.25) is 0 Å². The minimum Gasteiger partial charge on any atom is -0.372 e. The highest BCUT2D eigenvalue weighted by molar-refractivity contribution is 7.79. The van der Waals surface area contributed by atoms with Gasteiger partial charge in [0.05, 0.1) is 4.90 Å². The Hall–Kier alpha value is -0.870. The second-order valence-electron chi connectivity index (χ2n) is 3.44. The molecule has 0 saturated carbocycles. The lowest BCUT2D eigenvalue weighted by Crippen LogP contribution is -2.17. The van der Waals surface area contributed by atoms with Crippen LogP contribution >= 0.6 is 0 Å². The van der Waals surface area contributed by atoms with Crippen molar-refractivity contribution in [1.82, 2.24) is 0 Å². The van der Waals surface area contributed by atoms with Gasteiger partial charge in [-0.15, -0.1) is 0 Å². The Morgan fingerprint density at radius 2 is 1.71 bits per heavy atom. The number of hydrogen-bond donors (Lipinski definition) is 1. The van der Waals surface area contributed by atoms with Crippen molar-refractivity contribution in [3.63, 3.8) is 0 Å². The summed E-state index contributed by atoms with van der Waals surface area (Å²) >= 11 is -1.86. The molecule has 76 valence electrons. The van der Waals surface area contributed by atoms with Crippen LogP contribution in [0.4, 0.5) is 5.69 Å². The molecule has 1 aromatic carbocycles. The summed E-state index contributed by atoms with van der Waals surface area (Å²) in [6, 6.07) is 7.25. The van der Waals surface area contributed by atoms with E-state index in [0.717, 1.165) is 18.8 Å². The van der Waals surface area contributed by atoms with E-state index in [4.69, 9.17) is 4.55 Å². The van der Waals surface area contributed by atoms with E-state index in [1.807, 2.05) is 12.1 Å². The van der Waals surface area contributed by atoms with Crippen molar-refractivity contribution in [3.8, 4) is 0 Å². The lowest BCUT2D eigenvalue weighted by molar-refractivity contribution is 0.564. The molecule has 1 unspecified atom stereocenters. The zero-order valence-electron chi connectivity index (χ0n) is 7.85. The van der Waals surface area contributed by atoms with E-state index in [-0.39, 0.29) is 0 Å². The zero-order chi connectivity index (χ0) is 9.97. The Labute approximate surface area is 86.0 Å². The first-order chi connectivity index (χ1) is 6.77. The summed E-state index contributed by atoms with van der Waals surface area (Å²) in [6.07, 6.45) is 2.49. The first-order valence-corrected chi connectivity index (χ1v) is 5.84. The van der Waals surface area contributed by atoms with Crippen molar-refractivity contribution in [3.05, 3.63) is 24.3 Å². The van der Waals surface area contributed by atoms with Gasteiger partial charge in [0, 0.05) is 18.8 Å². The Balaban J connectivity index is 2.16. The molecule has 1 aliphatic heterocycles. The molecule has 1 fully saturated rings. The van der Waals surface area contributed by atoms with Crippen molar-refractivity contribution in [2.24, 2.45) is 0 Å². The van der Waals surface area contributed by atoms with Crippen LogP contribution in [-0.2, 0) is 11.1 Å². The predicted octanol–water partition coefficient (Wildman–Crippen LogP) is 1.87. The van der Waals surface area contributed by atoms with Crippen molar-refractivity contribution in [2.45, 2.75) is 17.7 Å². The zero-order valence-corrected chi connectivity index (χ0v) is 8.67. The van der Waals surface area contributed by atoms with Crippen molar-refractivity contribution in [1.29, 1.82) is 0 Å². The van der Waals surface area contributed by atoms with Crippen molar-refractivity contribution < 1.29 is 8.76 Å². The first kappa shape index (κ1) is 9.68. The average Bonchev–Trinajstić information content (AvgIpc) is 2.71. The monoisotopic (exact) mass is 211 g/mol. The lowest BCUT2D eigenvalue weighted by atomic mass is 10.3. The quantitative estimate of drug-likeness (QED) is 0.759. The van der Waals surface area contributed by atoms with Crippen LogP contribution in [0.1, 0.15) is 12.8 Å². The fourth-order valence-electron chi connectivity index (χ4n) is 1.75. The summed E-state index contributed by atoms with van der Waals surface area (Å²) in [4.78, 5) is 2.76. The number of hydrogen-bond acceptors (Lipinski definition) is 2. The molecule has 4 heteroatoms. The fourth-order valence-corrected chi connectivity index (χ4v) is 2.12. The molecular formula is C10H13NO2S. The molecule has 0 radical (unpaired) electrons. The molecule has 1 aromatic rings. The van der Waals surface area contributed by atoms with Crippen molar-refractivity contribution >= 4 is 16.8 Å². The molecule has 2 rings (SSSR count). The van der Waals surface area contributed by atoms with Crippen LogP contribution in [0.15, 0.2) is 29.2 Å². The van der Waals surface area contributed by atoms with Crippen LogP contribution in [0.3, 0.4) is 0 Å². The molecule has 0 aromatic heterocycles. The smallest absolute Gasteiger partial charge is 0.186 e. The third-order valence-electron chi connectivity index (χ3n) is 2.51. The second kappa shape index (κ2) is 4.11. The van der Waals surface area contributed by atoms with E-state index in [9.17, 15) is 4.21 Å². The van der Waals surface area contributed by atoms with Crippen LogP contribution in [-0.4, -0.2) is 21.9 Å². The van der Waals surface area contributed by atoms with Crippen LogP contribution in [0.2, 0.25) is 0 Å². The van der Waals surface area contributed by atoms with Gasteiger partial charge in [-0.1, -0.05) is 0 Å². The van der Waals surface area contributed by atoms with Gasteiger partial charge in [0.15, 0.2) is 11.1 Å². The van der Waals surface area contributed by atoms with Gasteiger partial charge in [-0.2, -0.15) is 0 Å². The number of rotatable bonds is 2. The highest BCUT2D eigenvalue weighted by Crippen LogP contribution is 2.20. The Kier molecular flexibility index (Phi) is 2.84. The SMILES string of the molecule is O=S(O)c1ccc(N2CCCC2)cc1. The summed E-state index contributed by atoms with van der Waals surface area (Å²) in [7, 11) is 0. The van der Waals surface area contributed by atoms with Crippen molar-refractivity contribution in [2.75, 3.05) is 18.0 Å². The topological polar surface area (TPSA) is 40.5 Å². The Morgan fingerprint density at radius 3 is 2.21 bits per heavy atom. The maximum atomic E-state index is 10.7. The molecular weight excluding hydrogens is 198 g/mol. The van der Waals surface area contributed by atoms with E-state index >= 15 is 0 Å². The maximum Gasteiger partial charge on any atom is 0.186 e. The number of nitrogens with zero attached hydrogens (tertiary/aromatic N) is 1. The molecule has 1 saturated heterocycles. The lowest BCUT2D eigenvalue weighted by Gasteiger charge is -2.17. The van der Waals surface area contributed by atoms with Crippen LogP contribution in [0.5, 0.6) is 0 Å². The molecule has 1 N–H and O–H groups in total. The maximum absolute atomic E-state index is 10.7. The number of anilines is 1. The molecule has 1 aliphatic rings. The molecule has 0 aliphatic carbocycles. The van der Waals surface area contributed by atoms with Crippen LogP contribution in [0, 0.1) is 0 Å². The predicted molar refractivity (Wildman–Crippen MR) is 56.9 cm³/mol. The fraction of sp³-hybridized carbons (Fsp3) is 0.400. The van der Waals surface area contributed by atoms with Gasteiger partial charge in [-0.05, 0) is 37.1 Å². The summed E-state index contributed by atoms with van der Waals surface area (Å²) in [6.45, 7) is 2.20. The van der Waals surface area contributed by atoms with Gasteiger partial charge in [-0.3, -0.25) is 0 Å². The van der Waals surface area contributed by atoms with Gasteiger partial charge < -0.3 is 9.45 Å². The normalized spacial score (nSPS) is 18.5. The summed E-state index contributed by atoms with van der Waals surface area (Å²) in [5.74, 6) is 0. The van der Waals surface area contributed by atoms with E-state index in [2.05, 4.69) is 4.90 Å². The first-order valence-electron chi connectivity index (χ1n) is 4.73. The van der Waals surface area contributed by atoms with Gasteiger partial charge in [-0.25, -0.2) is 4.21 Å². The molecule has 14 heavy (non-hydrogen) atoms. The standard InChI is InChI=1S/C10H13NO2S/c12-14(13)10-5-3-9(4-6-10)11-7-1-2-8-11/h3-6H,1-2,7-8H2,(H,12,13). The molecule has 0 amide bonds. The van der Waals surface area contributed by atoms with Gasteiger partial charge >= 0.3 is 0 Å². The molecule has 3 nitrogen and oxygen atoms in total. The van der Waals surface area contributed by atoms with Gasteiger partial charge in [0.25, 0.3) is 0 Å². The Bertz CT molecular complexity index is 330. The largest absolute Gasteiger partial charge is 0.372 e. The minimum absolute atomic E-state index is 0.466. The van der Waals surface area contributed by atoms with Gasteiger partial charge in [0.1, 0.15) is 0 Å². The highest BCUT2D eigenvalue weighted by Gasteiger charge is 2.12. The number of benzene rings is 1. The summed E-state index contributed by atoms with van der Waals surface area (Å²) < 4.78 is 19.6. The van der Waals surface area contributed by atoms with Crippen LogP contribution < -0.4 is 4.90 Å². The summed E-state index contributed by atoms with van der Waals surface area (Å²) in [5.41, 5.74) is 1.15. The summed E-state index contributed by atoms with van der Waals surface area (Å²) in [5, 5.41) is 0. The molecule has 1 heterocycles. The molecule has 1 atom stereocenters. The van der Waals surface area contributed by atoms with E-state index in [1.165, 1.54) is 12.8 Å². The minimum atomic E-state index is -1.86. The highest BCUT2D eigenvalue weighted by atomic mass is 32.2. The van der Waals surface area contributed by atoms with E-state index < -0.39 is 11.1 Å². The third kappa shape index (κ3) is 1.96.